The molecule has 0 spiro atoms. The Balaban J connectivity index is 2.23. The number of thiazole rings is 1. The summed E-state index contributed by atoms with van der Waals surface area (Å²) in [5.74, 6) is -0.484. The van der Waals surface area contributed by atoms with Gasteiger partial charge in [0, 0.05) is 19.1 Å². The number of halogens is 1. The predicted octanol–water partition coefficient (Wildman–Crippen LogP) is 1.08. The van der Waals surface area contributed by atoms with Gasteiger partial charge in [0.2, 0.25) is 0 Å². The monoisotopic (exact) mass is 319 g/mol. The number of β-amino-alcohol motifs (C(OH)–C–C–N with tert-alkyl or cyclic N) is 1. The van der Waals surface area contributed by atoms with Crippen LogP contribution in [0, 0.1) is 0 Å². The Morgan fingerprint density at radius 3 is 2.95 bits per heavy atom. The topological polar surface area (TPSA) is 65.9 Å². The van der Waals surface area contributed by atoms with E-state index in [-0.39, 0.29) is 17.3 Å². The van der Waals surface area contributed by atoms with E-state index in [0.29, 0.717) is 23.0 Å². The Kier molecular flexibility index (Phi) is 4.85. The maximum atomic E-state index is 11.6. The van der Waals surface area contributed by atoms with Crippen molar-refractivity contribution in [2.45, 2.75) is 18.6 Å². The van der Waals surface area contributed by atoms with Gasteiger partial charge in [-0.25, -0.2) is 9.78 Å². The molecule has 0 aromatic carbocycles. The lowest BCUT2D eigenvalue weighted by atomic mass is 10.2. The number of rotatable bonds is 4. The zero-order valence-electron chi connectivity index (χ0n) is 11.7. The number of ether oxygens (including phenoxy) is 1. The molecule has 2 unspecified atom stereocenters. The fraction of sp³-hybridized carbons (Fsp3) is 0.667. The molecule has 1 N–H and O–H groups in total. The maximum absolute atomic E-state index is 11.6. The summed E-state index contributed by atoms with van der Waals surface area (Å²) < 4.78 is 4.68. The molecule has 2 atom stereocenters. The second-order valence-electron chi connectivity index (χ2n) is 5.07. The third-order valence-electron chi connectivity index (χ3n) is 3.16. The van der Waals surface area contributed by atoms with Crippen LogP contribution in [0.15, 0.2) is 0 Å². The van der Waals surface area contributed by atoms with Gasteiger partial charge in [-0.3, -0.25) is 0 Å². The minimum atomic E-state index is -0.484. The summed E-state index contributed by atoms with van der Waals surface area (Å²) >= 11 is 7.19. The van der Waals surface area contributed by atoms with Gasteiger partial charge in [0.1, 0.15) is 0 Å². The standard InChI is InChI=1S/C12H18ClN3O3S/c1-15(2)5-7-4-8(17)6-16(7)12-14-10(13)9(20-12)11(18)19-3/h7-8,17H,4-6H2,1-3H3. The molecule has 20 heavy (non-hydrogen) atoms. The SMILES string of the molecule is COC(=O)c1sc(N2CC(O)CC2CN(C)C)nc1Cl. The second-order valence-corrected chi connectivity index (χ2v) is 6.40. The summed E-state index contributed by atoms with van der Waals surface area (Å²) in [6, 6.07) is 0.160. The van der Waals surface area contributed by atoms with Crippen LogP contribution in [0.2, 0.25) is 5.15 Å². The maximum Gasteiger partial charge on any atom is 0.351 e. The number of methoxy groups -OCH3 is 1. The normalized spacial score (nSPS) is 22.6. The van der Waals surface area contributed by atoms with Crippen molar-refractivity contribution < 1.29 is 14.6 Å². The van der Waals surface area contributed by atoms with Crippen LogP contribution in [0.4, 0.5) is 5.13 Å². The minimum absolute atomic E-state index is 0.154. The third kappa shape index (κ3) is 3.22. The van der Waals surface area contributed by atoms with E-state index < -0.39 is 5.97 Å². The molecule has 0 amide bonds. The first kappa shape index (κ1) is 15.5. The smallest absolute Gasteiger partial charge is 0.351 e. The average Bonchev–Trinajstić information content (AvgIpc) is 2.91. The molecule has 1 saturated heterocycles. The number of hydrogen-bond donors (Lipinski definition) is 1. The Labute approximate surface area is 126 Å². The number of aliphatic hydroxyl groups is 1. The van der Waals surface area contributed by atoms with Crippen LogP contribution >= 0.6 is 22.9 Å². The van der Waals surface area contributed by atoms with Crippen molar-refractivity contribution in [1.29, 1.82) is 0 Å². The molecule has 1 aliphatic rings. The van der Waals surface area contributed by atoms with Gasteiger partial charge in [-0.2, -0.15) is 0 Å². The fourth-order valence-electron chi connectivity index (χ4n) is 2.35. The van der Waals surface area contributed by atoms with Crippen LogP contribution in [0.1, 0.15) is 16.1 Å². The van der Waals surface area contributed by atoms with E-state index in [1.54, 1.807) is 0 Å². The van der Waals surface area contributed by atoms with E-state index in [1.807, 2.05) is 19.0 Å². The van der Waals surface area contributed by atoms with E-state index >= 15 is 0 Å². The van der Waals surface area contributed by atoms with E-state index in [1.165, 1.54) is 18.4 Å². The van der Waals surface area contributed by atoms with E-state index in [4.69, 9.17) is 11.6 Å². The van der Waals surface area contributed by atoms with E-state index in [2.05, 4.69) is 14.6 Å². The molecule has 0 bridgehead atoms. The van der Waals surface area contributed by atoms with Crippen molar-refractivity contribution in [2.75, 3.05) is 39.2 Å². The number of likely N-dealkylation sites (N-methyl/N-ethyl adjacent to an activating group) is 1. The summed E-state index contributed by atoms with van der Waals surface area (Å²) in [4.78, 5) is 20.2. The quantitative estimate of drug-likeness (QED) is 0.838. The highest BCUT2D eigenvalue weighted by Crippen LogP contribution is 2.34. The lowest BCUT2D eigenvalue weighted by Gasteiger charge is -2.26. The number of esters is 1. The van der Waals surface area contributed by atoms with Gasteiger partial charge in [-0.05, 0) is 20.5 Å². The van der Waals surface area contributed by atoms with Crippen molar-refractivity contribution in [2.24, 2.45) is 0 Å². The van der Waals surface area contributed by atoms with Crippen LogP contribution in [0.25, 0.3) is 0 Å². The van der Waals surface area contributed by atoms with Crippen LogP contribution in [-0.2, 0) is 4.74 Å². The fourth-order valence-corrected chi connectivity index (χ4v) is 3.63. The van der Waals surface area contributed by atoms with Crippen LogP contribution < -0.4 is 4.90 Å². The summed E-state index contributed by atoms with van der Waals surface area (Å²) in [7, 11) is 5.28. The molecule has 1 aromatic heterocycles. The Morgan fingerprint density at radius 1 is 1.65 bits per heavy atom. The van der Waals surface area contributed by atoms with Gasteiger partial charge >= 0.3 is 5.97 Å². The van der Waals surface area contributed by atoms with Crippen molar-refractivity contribution in [3.05, 3.63) is 10.0 Å². The van der Waals surface area contributed by atoms with Gasteiger partial charge in [0.05, 0.1) is 13.2 Å². The number of carbonyl (C=O) groups is 1. The van der Waals surface area contributed by atoms with Gasteiger partial charge in [0.25, 0.3) is 0 Å². The molecular formula is C12H18ClN3O3S. The molecule has 8 heteroatoms. The molecule has 2 heterocycles. The van der Waals surface area contributed by atoms with Crippen LogP contribution in [0.5, 0.6) is 0 Å². The molecule has 1 fully saturated rings. The van der Waals surface area contributed by atoms with Gasteiger partial charge in [0.15, 0.2) is 15.2 Å². The summed E-state index contributed by atoms with van der Waals surface area (Å²) in [5, 5.41) is 10.7. The van der Waals surface area contributed by atoms with E-state index in [9.17, 15) is 9.90 Å². The van der Waals surface area contributed by atoms with Crippen molar-refractivity contribution >= 4 is 34.0 Å². The van der Waals surface area contributed by atoms with Gasteiger partial charge in [-0.1, -0.05) is 22.9 Å². The summed E-state index contributed by atoms with van der Waals surface area (Å²) in [6.45, 7) is 1.31. The molecule has 112 valence electrons. The highest BCUT2D eigenvalue weighted by atomic mass is 35.5. The summed E-state index contributed by atoms with van der Waals surface area (Å²) in [6.07, 6.45) is 0.298. The zero-order valence-corrected chi connectivity index (χ0v) is 13.2. The second kappa shape index (κ2) is 6.26. The summed E-state index contributed by atoms with van der Waals surface area (Å²) in [5.41, 5.74) is 0. The number of aliphatic hydroxyl groups excluding tert-OH is 1. The number of nitrogens with zero attached hydrogens (tertiary/aromatic N) is 3. The van der Waals surface area contributed by atoms with Crippen LogP contribution in [-0.4, -0.2) is 67.4 Å². The number of aromatic nitrogens is 1. The molecule has 2 rings (SSSR count). The lowest BCUT2D eigenvalue weighted by molar-refractivity contribution is 0.0606. The van der Waals surface area contributed by atoms with Crippen LogP contribution in [0.3, 0.4) is 0 Å². The third-order valence-corrected chi connectivity index (χ3v) is 4.62. The molecule has 0 aliphatic carbocycles. The van der Waals surface area contributed by atoms with E-state index in [0.717, 1.165) is 6.54 Å². The highest BCUT2D eigenvalue weighted by molar-refractivity contribution is 7.18. The van der Waals surface area contributed by atoms with Crippen molar-refractivity contribution in [3.8, 4) is 0 Å². The van der Waals surface area contributed by atoms with Gasteiger partial charge < -0.3 is 19.6 Å². The Hall–Kier alpha value is -0.890. The van der Waals surface area contributed by atoms with Gasteiger partial charge in [-0.15, -0.1) is 0 Å². The number of anilines is 1. The predicted molar refractivity (Wildman–Crippen MR) is 78.8 cm³/mol. The molecule has 0 radical (unpaired) electrons. The Bertz CT molecular complexity index is 494. The van der Waals surface area contributed by atoms with Crippen molar-refractivity contribution in [3.63, 3.8) is 0 Å². The molecule has 1 aromatic rings. The Morgan fingerprint density at radius 2 is 2.35 bits per heavy atom. The largest absolute Gasteiger partial charge is 0.465 e. The molecule has 6 nitrogen and oxygen atoms in total. The first-order valence-electron chi connectivity index (χ1n) is 6.26. The molecule has 0 saturated carbocycles. The molecular weight excluding hydrogens is 302 g/mol. The number of hydrogen-bond acceptors (Lipinski definition) is 7. The number of carbonyl (C=O) groups excluding carboxylic acids is 1. The lowest BCUT2D eigenvalue weighted by Crippen LogP contribution is -2.37. The molecule has 1 aliphatic heterocycles. The average molecular weight is 320 g/mol. The first-order chi connectivity index (χ1) is 9.42. The minimum Gasteiger partial charge on any atom is -0.465 e. The highest BCUT2D eigenvalue weighted by Gasteiger charge is 2.34. The van der Waals surface area contributed by atoms with Crippen molar-refractivity contribution in [1.82, 2.24) is 9.88 Å². The zero-order chi connectivity index (χ0) is 14.9. The first-order valence-corrected chi connectivity index (χ1v) is 7.46.